The lowest BCUT2D eigenvalue weighted by Crippen LogP contribution is -2.67. The van der Waals surface area contributed by atoms with Crippen LogP contribution < -0.4 is 0 Å². The third-order valence-corrected chi connectivity index (χ3v) is 5.39. The molecule has 35 heteroatoms. The normalized spacial score (nSPS) is 29.9. The summed E-state index contributed by atoms with van der Waals surface area (Å²) in [7, 11) is 0. The Morgan fingerprint density at radius 3 is 1.11 bits per heavy atom. The van der Waals surface area contributed by atoms with Crippen LogP contribution in [0.4, 0.5) is 0 Å². The van der Waals surface area contributed by atoms with E-state index >= 15 is 0 Å². The van der Waals surface area contributed by atoms with E-state index in [0.29, 0.717) is 0 Å². The summed E-state index contributed by atoms with van der Waals surface area (Å²) in [6.07, 6.45) is -26.5. The monoisotopic (exact) mass is 702 g/mol. The summed E-state index contributed by atoms with van der Waals surface area (Å²) in [6.45, 7) is -2.95. The third-order valence-electron chi connectivity index (χ3n) is 5.39. The molecule has 0 aliphatic carbocycles. The van der Waals surface area contributed by atoms with E-state index in [1.807, 2.05) is 0 Å². The average Bonchev–Trinajstić information content (AvgIpc) is 2.91. The molecule has 2 fully saturated rings. The minimum Gasteiger partial charge on any atom is -0.343 e. The van der Waals surface area contributed by atoms with Crippen molar-refractivity contribution < 1.29 is 93.6 Å². The summed E-state index contributed by atoms with van der Waals surface area (Å²) in [5.41, 5.74) is 0. The van der Waals surface area contributed by atoms with E-state index in [-0.39, 0.29) is 0 Å². The molecule has 0 aromatic carbocycles. The van der Waals surface area contributed by atoms with Crippen molar-refractivity contribution in [2.45, 2.75) is 61.4 Å². The van der Waals surface area contributed by atoms with Gasteiger partial charge in [-0.1, -0.05) is 0 Å². The molecule has 0 saturated carbocycles. The topological polar surface area (TPSA) is 447 Å². The maximum absolute atomic E-state index is 11.3. The molecule has 0 spiro atoms. The van der Waals surface area contributed by atoms with E-state index in [0.717, 1.165) is 0 Å². The largest absolute Gasteiger partial charge is 0.343 e. The highest BCUT2D eigenvalue weighted by molar-refractivity contribution is 4.95. The van der Waals surface area contributed by atoms with Crippen LogP contribution in [-0.2, 0) is 52.9 Å². The molecule has 264 valence electrons. The van der Waals surface area contributed by atoms with Gasteiger partial charge in [0.05, 0.1) is 0 Å². The molecule has 0 aromatic heterocycles. The predicted molar refractivity (Wildman–Crippen MR) is 116 cm³/mol. The molecule has 0 radical (unpaired) electrons. The van der Waals surface area contributed by atoms with Gasteiger partial charge >= 0.3 is 0 Å². The molecule has 2 saturated heterocycles. The van der Waals surface area contributed by atoms with Crippen LogP contribution in [0, 0.1) is 80.9 Å². The zero-order chi connectivity index (χ0) is 35.6. The Kier molecular flexibility index (Phi) is 12.5. The minimum absolute atomic E-state index is 1.47. The van der Waals surface area contributed by atoms with Gasteiger partial charge in [-0.05, 0) is 0 Å². The van der Waals surface area contributed by atoms with Crippen molar-refractivity contribution in [3.63, 3.8) is 0 Å². The fourth-order valence-corrected chi connectivity index (χ4v) is 3.98. The molecule has 0 aromatic rings. The van der Waals surface area contributed by atoms with Crippen LogP contribution in [0.25, 0.3) is 0 Å². The maximum atomic E-state index is 11.3. The van der Waals surface area contributed by atoms with E-state index in [4.69, 9.17) is 14.2 Å². The first-order chi connectivity index (χ1) is 21.9. The van der Waals surface area contributed by atoms with Crippen LogP contribution >= 0.6 is 0 Å². The van der Waals surface area contributed by atoms with Gasteiger partial charge in [0.2, 0.25) is 6.29 Å². The second-order valence-electron chi connectivity index (χ2n) is 8.02. The zero-order valence-corrected chi connectivity index (χ0v) is 21.8. The molecule has 2 aliphatic rings. The molecular formula is C12H14N8O27. The molecule has 2 heterocycles. The van der Waals surface area contributed by atoms with E-state index in [1.165, 1.54) is 0 Å². The zero-order valence-electron chi connectivity index (χ0n) is 21.8. The highest BCUT2D eigenvalue weighted by atomic mass is 17.0. The van der Waals surface area contributed by atoms with Crippen LogP contribution in [0.2, 0.25) is 0 Å². The molecule has 0 bridgehead atoms. The molecule has 35 nitrogen and oxygen atoms in total. The Morgan fingerprint density at radius 1 is 0.383 bits per heavy atom. The Balaban J connectivity index is 2.73. The second-order valence-corrected chi connectivity index (χ2v) is 8.02. The molecule has 1 unspecified atom stereocenters. The number of rotatable bonds is 20. The van der Waals surface area contributed by atoms with E-state index in [2.05, 4.69) is 38.7 Å². The maximum Gasteiger partial charge on any atom is 0.297 e. The van der Waals surface area contributed by atoms with E-state index in [9.17, 15) is 80.9 Å². The Labute approximate surface area is 250 Å². The quantitative estimate of drug-likeness (QED) is 0.0870. The van der Waals surface area contributed by atoms with Crippen LogP contribution in [0.3, 0.4) is 0 Å². The lowest BCUT2D eigenvalue weighted by molar-refractivity contribution is -0.832. The molecule has 2 rings (SSSR count). The smallest absolute Gasteiger partial charge is 0.297 e. The first-order valence-electron chi connectivity index (χ1n) is 11.3. The van der Waals surface area contributed by atoms with Gasteiger partial charge in [-0.15, -0.1) is 80.9 Å². The minimum atomic E-state index is -2.80. The lowest BCUT2D eigenvalue weighted by atomic mass is 9.96. The fourth-order valence-electron chi connectivity index (χ4n) is 3.98. The van der Waals surface area contributed by atoms with Crippen molar-refractivity contribution in [1.29, 1.82) is 0 Å². The molecule has 10 atom stereocenters. The van der Waals surface area contributed by atoms with E-state index < -0.39 is 115 Å². The van der Waals surface area contributed by atoms with Gasteiger partial charge in [0, 0.05) is 0 Å². The standard InChI is InChI=1S/C12H14N8O27/c21-13(22)37-1-3-5(7(43-16(27)28)10(46-19(33)34)12(40-3)47-20(35)36)41-11-9(45-18(31)32)8(44-17(29)30)6(42-15(25)26)4(39-11)2-38-14(23)24/h3-12H,1-2H2/t3-,4-,5-,6+,7+,8+,9-,10-,11+,12?/m1/s1. The number of nitrogens with zero attached hydrogens (tertiary/aromatic N) is 8. The molecule has 0 amide bonds. The van der Waals surface area contributed by atoms with Gasteiger partial charge < -0.3 is 48.1 Å². The van der Waals surface area contributed by atoms with Crippen molar-refractivity contribution in [3.8, 4) is 0 Å². The molecule has 47 heavy (non-hydrogen) atoms. The Hall–Kier alpha value is -6.52. The van der Waals surface area contributed by atoms with Gasteiger partial charge in [0.25, 0.3) is 40.7 Å². The average molecular weight is 702 g/mol. The van der Waals surface area contributed by atoms with Crippen LogP contribution in [0.5, 0.6) is 0 Å². The second kappa shape index (κ2) is 16.0. The summed E-state index contributed by atoms with van der Waals surface area (Å²) in [5.74, 6) is 0. The molecule has 2 aliphatic heterocycles. The summed E-state index contributed by atoms with van der Waals surface area (Å²) < 4.78 is 15.4. The first kappa shape index (κ1) is 36.7. The lowest BCUT2D eigenvalue weighted by Gasteiger charge is -2.47. The highest BCUT2D eigenvalue weighted by Crippen LogP contribution is 2.35. The van der Waals surface area contributed by atoms with Crippen LogP contribution in [0.15, 0.2) is 0 Å². The number of hydrogen-bond acceptors (Lipinski definition) is 27. The fraction of sp³-hybridized carbons (Fsp3) is 1.00. The molecule has 0 N–H and O–H groups in total. The van der Waals surface area contributed by atoms with Crippen molar-refractivity contribution in [1.82, 2.24) is 0 Å². The summed E-state index contributed by atoms with van der Waals surface area (Å²) >= 11 is 0. The highest BCUT2D eigenvalue weighted by Gasteiger charge is 2.58. The van der Waals surface area contributed by atoms with Crippen molar-refractivity contribution in [3.05, 3.63) is 80.9 Å². The van der Waals surface area contributed by atoms with Gasteiger partial charge in [0.1, 0.15) is 31.5 Å². The van der Waals surface area contributed by atoms with Gasteiger partial charge in [-0.2, -0.15) is 0 Å². The van der Waals surface area contributed by atoms with Crippen molar-refractivity contribution >= 4 is 0 Å². The van der Waals surface area contributed by atoms with Gasteiger partial charge in [-0.3, -0.25) is 4.84 Å². The summed E-state index contributed by atoms with van der Waals surface area (Å²) in [4.78, 5) is 122. The van der Waals surface area contributed by atoms with Gasteiger partial charge in [0.15, 0.2) is 36.8 Å². The van der Waals surface area contributed by atoms with Crippen LogP contribution in [0.1, 0.15) is 0 Å². The first-order valence-corrected chi connectivity index (χ1v) is 11.3. The number of ether oxygens (including phenoxy) is 3. The van der Waals surface area contributed by atoms with Crippen molar-refractivity contribution in [2.24, 2.45) is 0 Å². The van der Waals surface area contributed by atoms with Gasteiger partial charge in [-0.25, -0.2) is 0 Å². The third kappa shape index (κ3) is 10.9. The SMILES string of the molecule is O=[N+]([O-])OC[C@H]1O[C@@H](O[C@H]2[C@H](O[N+](=O)[O-])[C@@H](O[N+](=O)[O-])C(O[N+](=O)[O-])O[C@@H]2CO[N+](=O)[O-])[C@H](O[N+](=O)[O-])[C@@H](O[N+](=O)[O-])[C@H]1O[N+](=O)[O-]. The predicted octanol–water partition coefficient (Wildman–Crippen LogP) is -3.67. The van der Waals surface area contributed by atoms with Crippen molar-refractivity contribution in [2.75, 3.05) is 13.2 Å². The van der Waals surface area contributed by atoms with Crippen LogP contribution in [-0.4, -0.2) is 115 Å². The van der Waals surface area contributed by atoms with E-state index in [1.54, 1.807) is 0 Å². The Morgan fingerprint density at radius 2 is 0.702 bits per heavy atom. The Bertz CT molecular complexity index is 1220. The molecular weight excluding hydrogens is 688 g/mol. The summed E-state index contributed by atoms with van der Waals surface area (Å²) in [6, 6.07) is 0. The number of hydrogen-bond donors (Lipinski definition) is 0. The summed E-state index contributed by atoms with van der Waals surface area (Å²) in [5, 5.41) is 75.3.